The molecule has 1 aromatic rings. The first-order chi connectivity index (χ1) is 11.7. The minimum absolute atomic E-state index is 0.200. The van der Waals surface area contributed by atoms with Gasteiger partial charge in [-0.2, -0.15) is 0 Å². The second-order valence-electron chi connectivity index (χ2n) is 6.31. The van der Waals surface area contributed by atoms with Gasteiger partial charge in [0.05, 0.1) is 11.3 Å². The fourth-order valence-electron chi connectivity index (χ4n) is 1.73. The summed E-state index contributed by atoms with van der Waals surface area (Å²) in [5, 5.41) is 6.33. The molecule has 0 bridgehead atoms. The lowest BCUT2D eigenvalue weighted by Crippen LogP contribution is -2.41. The van der Waals surface area contributed by atoms with Crippen LogP contribution in [0.5, 0.6) is 0 Å². The van der Waals surface area contributed by atoms with Crippen LogP contribution in [0, 0.1) is 5.82 Å². The van der Waals surface area contributed by atoms with Crippen LogP contribution in [0.4, 0.5) is 4.39 Å². The summed E-state index contributed by atoms with van der Waals surface area (Å²) in [5.74, 6) is 1.29. The molecular formula is C17H28FN3O2S2. The zero-order chi connectivity index (χ0) is 18.9. The van der Waals surface area contributed by atoms with Gasteiger partial charge in [0.2, 0.25) is 0 Å². The van der Waals surface area contributed by atoms with E-state index >= 15 is 0 Å². The maximum atomic E-state index is 12.8. The molecule has 0 unspecified atom stereocenters. The molecule has 25 heavy (non-hydrogen) atoms. The molecule has 2 N–H and O–H groups in total. The topological polar surface area (TPSA) is 70.6 Å². The van der Waals surface area contributed by atoms with Gasteiger partial charge in [-0.3, -0.25) is 4.99 Å². The fraction of sp³-hybridized carbons (Fsp3) is 0.588. The molecule has 0 saturated heterocycles. The van der Waals surface area contributed by atoms with E-state index in [9.17, 15) is 12.8 Å². The molecule has 0 aromatic heterocycles. The molecule has 5 nitrogen and oxygen atoms in total. The van der Waals surface area contributed by atoms with Gasteiger partial charge in [0.25, 0.3) is 0 Å². The Hall–Kier alpha value is -1.28. The number of hydrogen-bond donors (Lipinski definition) is 2. The molecule has 8 heteroatoms. The normalized spacial score (nSPS) is 12.9. The highest BCUT2D eigenvalue weighted by molar-refractivity contribution is 7.99. The molecule has 0 fully saturated rings. The second-order valence-corrected chi connectivity index (χ2v) is 10.1. The molecule has 0 saturated carbocycles. The summed E-state index contributed by atoms with van der Waals surface area (Å²) in [4.78, 5) is 5.42. The number of benzene rings is 1. The summed E-state index contributed by atoms with van der Waals surface area (Å²) < 4.78 is 35.4. The molecule has 0 amide bonds. The average molecular weight is 390 g/mol. The SMILES string of the molecule is CCNC(=NCC(C)(C)S(C)(=O)=O)NCCCSc1ccc(F)cc1. The smallest absolute Gasteiger partial charge is 0.191 e. The summed E-state index contributed by atoms with van der Waals surface area (Å²) in [6.45, 7) is 6.94. The molecule has 1 aromatic carbocycles. The molecule has 0 heterocycles. The van der Waals surface area contributed by atoms with Crippen molar-refractivity contribution < 1.29 is 12.8 Å². The number of thioether (sulfide) groups is 1. The molecular weight excluding hydrogens is 361 g/mol. The van der Waals surface area contributed by atoms with Crippen molar-refractivity contribution in [2.45, 2.75) is 36.8 Å². The number of nitrogens with zero attached hydrogens (tertiary/aromatic N) is 1. The van der Waals surface area contributed by atoms with Gasteiger partial charge in [0.15, 0.2) is 15.8 Å². The fourth-order valence-corrected chi connectivity index (χ4v) is 2.88. The highest BCUT2D eigenvalue weighted by atomic mass is 32.2. The minimum Gasteiger partial charge on any atom is -0.357 e. The van der Waals surface area contributed by atoms with Crippen molar-refractivity contribution >= 4 is 27.6 Å². The van der Waals surface area contributed by atoms with Crippen LogP contribution in [0.1, 0.15) is 27.2 Å². The van der Waals surface area contributed by atoms with Crippen LogP contribution >= 0.6 is 11.8 Å². The number of rotatable bonds is 9. The lowest BCUT2D eigenvalue weighted by molar-refractivity contribution is 0.554. The lowest BCUT2D eigenvalue weighted by atomic mass is 10.2. The van der Waals surface area contributed by atoms with E-state index in [-0.39, 0.29) is 12.4 Å². The van der Waals surface area contributed by atoms with Gasteiger partial charge in [0.1, 0.15) is 5.82 Å². The van der Waals surface area contributed by atoms with Crippen molar-refractivity contribution in [2.75, 3.05) is 31.6 Å². The van der Waals surface area contributed by atoms with Gasteiger partial charge in [-0.05, 0) is 57.2 Å². The van der Waals surface area contributed by atoms with E-state index in [0.29, 0.717) is 12.5 Å². The number of guanidine groups is 1. The first kappa shape index (κ1) is 21.8. The maximum Gasteiger partial charge on any atom is 0.191 e. The molecule has 0 spiro atoms. The first-order valence-corrected chi connectivity index (χ1v) is 11.1. The summed E-state index contributed by atoms with van der Waals surface area (Å²) >= 11 is 1.67. The average Bonchev–Trinajstić information content (AvgIpc) is 2.53. The van der Waals surface area contributed by atoms with Gasteiger partial charge in [0, 0.05) is 24.2 Å². The van der Waals surface area contributed by atoms with Crippen LogP contribution in [0.2, 0.25) is 0 Å². The Morgan fingerprint density at radius 3 is 2.44 bits per heavy atom. The standard InChI is InChI=1S/C17H28FN3O2S2/c1-5-19-16(21-13-17(2,3)25(4,22)23)20-11-6-12-24-15-9-7-14(18)8-10-15/h7-10H,5-6,11-13H2,1-4H3,(H2,19,20,21). The lowest BCUT2D eigenvalue weighted by Gasteiger charge is -2.21. The number of nitrogens with one attached hydrogen (secondary N) is 2. The van der Waals surface area contributed by atoms with Crippen molar-refractivity contribution in [3.05, 3.63) is 30.1 Å². The van der Waals surface area contributed by atoms with Gasteiger partial charge < -0.3 is 10.6 Å². The Kier molecular flexibility index (Phi) is 8.71. The van der Waals surface area contributed by atoms with Crippen LogP contribution in [0.15, 0.2) is 34.2 Å². The monoisotopic (exact) mass is 389 g/mol. The van der Waals surface area contributed by atoms with Crippen LogP contribution < -0.4 is 10.6 Å². The van der Waals surface area contributed by atoms with Crippen LogP contribution in [0.25, 0.3) is 0 Å². The van der Waals surface area contributed by atoms with Gasteiger partial charge >= 0.3 is 0 Å². The third-order valence-corrected chi connectivity index (χ3v) is 6.90. The van der Waals surface area contributed by atoms with E-state index in [1.165, 1.54) is 18.4 Å². The van der Waals surface area contributed by atoms with Crippen molar-refractivity contribution in [1.29, 1.82) is 0 Å². The number of aliphatic imine (C=N–C) groups is 1. The van der Waals surface area contributed by atoms with Crippen molar-refractivity contribution in [1.82, 2.24) is 10.6 Å². The highest BCUT2D eigenvalue weighted by Gasteiger charge is 2.29. The van der Waals surface area contributed by atoms with Crippen molar-refractivity contribution in [3.8, 4) is 0 Å². The summed E-state index contributed by atoms with van der Waals surface area (Å²) in [6, 6.07) is 6.46. The van der Waals surface area contributed by atoms with Gasteiger partial charge in [-0.1, -0.05) is 0 Å². The van der Waals surface area contributed by atoms with Gasteiger partial charge in [-0.25, -0.2) is 12.8 Å². The van der Waals surface area contributed by atoms with Crippen molar-refractivity contribution in [3.63, 3.8) is 0 Å². The summed E-state index contributed by atoms with van der Waals surface area (Å²) in [6.07, 6.45) is 2.14. The molecule has 0 radical (unpaired) electrons. The predicted molar refractivity (Wildman–Crippen MR) is 105 cm³/mol. The van der Waals surface area contributed by atoms with E-state index in [1.807, 2.05) is 6.92 Å². The molecule has 1 rings (SSSR count). The van der Waals surface area contributed by atoms with E-state index in [1.54, 1.807) is 37.7 Å². The largest absolute Gasteiger partial charge is 0.357 e. The second kappa shape index (κ2) is 10.0. The summed E-state index contributed by atoms with van der Waals surface area (Å²) in [5.41, 5.74) is 0. The van der Waals surface area contributed by atoms with Crippen LogP contribution in [0.3, 0.4) is 0 Å². The summed E-state index contributed by atoms with van der Waals surface area (Å²) in [7, 11) is -3.17. The Labute approximate surface area is 154 Å². The van der Waals surface area contributed by atoms with Crippen LogP contribution in [-0.2, 0) is 9.84 Å². The molecule has 142 valence electrons. The molecule has 0 aliphatic heterocycles. The number of sulfone groups is 1. The van der Waals surface area contributed by atoms with E-state index in [2.05, 4.69) is 15.6 Å². The predicted octanol–water partition coefficient (Wildman–Crippen LogP) is 2.69. The Bertz CT molecular complexity index is 659. The number of hydrogen-bond acceptors (Lipinski definition) is 4. The van der Waals surface area contributed by atoms with Crippen LogP contribution in [-0.4, -0.2) is 50.8 Å². The van der Waals surface area contributed by atoms with E-state index < -0.39 is 14.6 Å². The third-order valence-electron chi connectivity index (χ3n) is 3.66. The Morgan fingerprint density at radius 1 is 1.24 bits per heavy atom. The molecule has 0 aliphatic rings. The van der Waals surface area contributed by atoms with E-state index in [0.717, 1.165) is 23.6 Å². The maximum absolute atomic E-state index is 12.8. The zero-order valence-corrected chi connectivity index (χ0v) is 16.9. The Balaban J connectivity index is 2.42. The number of halogens is 1. The highest BCUT2D eigenvalue weighted by Crippen LogP contribution is 2.18. The van der Waals surface area contributed by atoms with Crippen molar-refractivity contribution in [2.24, 2.45) is 4.99 Å². The zero-order valence-electron chi connectivity index (χ0n) is 15.3. The molecule has 0 aliphatic carbocycles. The van der Waals surface area contributed by atoms with E-state index in [4.69, 9.17) is 0 Å². The quantitative estimate of drug-likeness (QED) is 0.294. The molecule has 0 atom stereocenters. The minimum atomic E-state index is -3.17. The third kappa shape index (κ3) is 8.09. The Morgan fingerprint density at radius 2 is 1.88 bits per heavy atom. The first-order valence-electron chi connectivity index (χ1n) is 8.26. The van der Waals surface area contributed by atoms with Gasteiger partial charge in [-0.15, -0.1) is 11.8 Å².